The molecule has 0 heterocycles. The molecule has 0 aromatic carbocycles. The number of ketones is 1. The van der Waals surface area contributed by atoms with E-state index in [0.717, 1.165) is 11.1 Å². The Morgan fingerprint density at radius 3 is 2.11 bits per heavy atom. The van der Waals surface area contributed by atoms with Crippen molar-refractivity contribution in [2.24, 2.45) is 5.92 Å². The van der Waals surface area contributed by atoms with Crippen LogP contribution in [0, 0.1) is 5.92 Å². The van der Waals surface area contributed by atoms with Crippen molar-refractivity contribution in [3.8, 4) is 0 Å². The molecule has 3 N–H and O–H groups in total. The number of aliphatic hydroxyl groups is 2. The van der Waals surface area contributed by atoms with Gasteiger partial charge in [0.05, 0.1) is 18.2 Å². The highest BCUT2D eigenvalue weighted by Crippen LogP contribution is 2.16. The van der Waals surface area contributed by atoms with Gasteiger partial charge in [-0.2, -0.15) is 0 Å². The van der Waals surface area contributed by atoms with Gasteiger partial charge in [0.15, 0.2) is 5.78 Å². The number of hydrogen-bond acceptors (Lipinski definition) is 4. The lowest BCUT2D eigenvalue weighted by Crippen LogP contribution is -2.40. The highest BCUT2D eigenvalue weighted by atomic mass is 16.3. The third-order valence-electron chi connectivity index (χ3n) is 4.66. The lowest BCUT2D eigenvalue weighted by atomic mass is 9.90. The minimum atomic E-state index is -0.699. The average molecular weight is 388 g/mol. The van der Waals surface area contributed by atoms with E-state index in [2.05, 4.69) is 5.32 Å². The van der Waals surface area contributed by atoms with Crippen LogP contribution in [0.1, 0.15) is 47.5 Å². The molecule has 0 fully saturated rings. The normalized spacial score (nSPS) is 28.1. The van der Waals surface area contributed by atoms with Crippen LogP contribution in [0.2, 0.25) is 0 Å². The Balaban J connectivity index is 3.26. The van der Waals surface area contributed by atoms with E-state index in [0.29, 0.717) is 18.4 Å². The minimum Gasteiger partial charge on any atom is -0.389 e. The molecule has 0 radical (unpaired) electrons. The number of rotatable bonds is 1. The summed E-state index contributed by atoms with van der Waals surface area (Å²) in [6.45, 7) is 8.70. The minimum absolute atomic E-state index is 0.0802. The van der Waals surface area contributed by atoms with Crippen molar-refractivity contribution in [3.05, 3.63) is 59.3 Å². The largest absolute Gasteiger partial charge is 0.389 e. The van der Waals surface area contributed by atoms with Gasteiger partial charge in [0.1, 0.15) is 0 Å². The predicted octanol–water partition coefficient (Wildman–Crippen LogP) is 3.16. The summed E-state index contributed by atoms with van der Waals surface area (Å²) in [7, 11) is 0. The predicted molar refractivity (Wildman–Crippen MR) is 113 cm³/mol. The Morgan fingerprint density at radius 1 is 1.00 bits per heavy atom. The molecule has 5 nitrogen and oxygen atoms in total. The van der Waals surface area contributed by atoms with Crippen molar-refractivity contribution in [1.82, 2.24) is 5.32 Å². The van der Waals surface area contributed by atoms with Crippen molar-refractivity contribution >= 4 is 11.7 Å². The lowest BCUT2D eigenvalue weighted by molar-refractivity contribution is -0.121. The van der Waals surface area contributed by atoms with Crippen LogP contribution < -0.4 is 5.32 Å². The maximum atomic E-state index is 12.8. The van der Waals surface area contributed by atoms with E-state index in [4.69, 9.17) is 0 Å². The second-order valence-corrected chi connectivity index (χ2v) is 7.45. The number of nitrogens with one attached hydrogen (secondary N) is 1. The first-order chi connectivity index (χ1) is 13.1. The Kier molecular flexibility index (Phi) is 9.83. The van der Waals surface area contributed by atoms with Crippen LogP contribution in [0.25, 0.3) is 0 Å². The summed E-state index contributed by atoms with van der Waals surface area (Å²) in [5.74, 6) is -0.754. The first kappa shape index (κ1) is 23.8. The van der Waals surface area contributed by atoms with Crippen LogP contribution >= 0.6 is 0 Å². The first-order valence-corrected chi connectivity index (χ1v) is 9.66. The van der Waals surface area contributed by atoms with E-state index < -0.39 is 24.2 Å². The second-order valence-electron chi connectivity index (χ2n) is 7.45. The van der Waals surface area contributed by atoms with Crippen molar-refractivity contribution < 1.29 is 19.8 Å². The number of amides is 1. The topological polar surface area (TPSA) is 86.6 Å². The van der Waals surface area contributed by atoms with E-state index in [1.54, 1.807) is 38.2 Å². The molecule has 0 saturated carbocycles. The molecule has 0 aromatic heterocycles. The molecule has 4 atom stereocenters. The van der Waals surface area contributed by atoms with E-state index in [1.807, 2.05) is 32.1 Å². The highest BCUT2D eigenvalue weighted by Gasteiger charge is 2.24. The molecule has 0 bridgehead atoms. The molecule has 28 heavy (non-hydrogen) atoms. The Labute approximate surface area is 168 Å². The molecule has 1 aliphatic carbocycles. The zero-order chi connectivity index (χ0) is 21.3. The maximum Gasteiger partial charge on any atom is 0.217 e. The number of carbonyl (C=O) groups excluding carboxylic acids is 2. The number of carbonyl (C=O) groups is 2. The highest BCUT2D eigenvalue weighted by molar-refractivity contribution is 5.97. The summed E-state index contributed by atoms with van der Waals surface area (Å²) < 4.78 is 0. The third-order valence-corrected chi connectivity index (χ3v) is 4.66. The van der Waals surface area contributed by atoms with Crippen molar-refractivity contribution in [2.45, 2.75) is 65.7 Å². The van der Waals surface area contributed by atoms with Crippen LogP contribution in [-0.4, -0.2) is 40.2 Å². The quantitative estimate of drug-likeness (QED) is 0.645. The van der Waals surface area contributed by atoms with Gasteiger partial charge in [0, 0.05) is 12.8 Å². The summed E-state index contributed by atoms with van der Waals surface area (Å²) in [6, 6.07) is -0.460. The lowest BCUT2D eigenvalue weighted by Gasteiger charge is -2.22. The van der Waals surface area contributed by atoms with Gasteiger partial charge < -0.3 is 15.5 Å². The molecular formula is C23H33NO4. The molecule has 0 aliphatic heterocycles. The van der Waals surface area contributed by atoms with Gasteiger partial charge in [-0.3, -0.25) is 9.59 Å². The van der Waals surface area contributed by atoms with E-state index in [-0.39, 0.29) is 11.7 Å². The van der Waals surface area contributed by atoms with Gasteiger partial charge in [-0.25, -0.2) is 0 Å². The Hall–Kier alpha value is -2.24. The van der Waals surface area contributed by atoms with Crippen LogP contribution in [0.5, 0.6) is 0 Å². The van der Waals surface area contributed by atoms with E-state index in [9.17, 15) is 19.8 Å². The molecule has 0 spiro atoms. The Bertz CT molecular complexity index is 712. The van der Waals surface area contributed by atoms with Gasteiger partial charge in [-0.1, -0.05) is 60.6 Å². The molecule has 0 unspecified atom stereocenters. The molecule has 1 amide bonds. The number of Topliss-reactive ketones (excluding diaryl/α,β-unsaturated/α-hetero) is 1. The second kappa shape index (κ2) is 11.6. The van der Waals surface area contributed by atoms with Crippen LogP contribution in [0.15, 0.2) is 59.3 Å². The zero-order valence-corrected chi connectivity index (χ0v) is 17.5. The van der Waals surface area contributed by atoms with Crippen molar-refractivity contribution in [1.29, 1.82) is 0 Å². The van der Waals surface area contributed by atoms with E-state index >= 15 is 0 Å². The smallest absolute Gasteiger partial charge is 0.217 e. The fourth-order valence-electron chi connectivity index (χ4n) is 2.86. The summed E-state index contributed by atoms with van der Waals surface area (Å²) >= 11 is 0. The van der Waals surface area contributed by atoms with Crippen LogP contribution in [0.3, 0.4) is 0 Å². The number of hydrogen-bond donors (Lipinski definition) is 3. The fraction of sp³-hybridized carbons (Fsp3) is 0.478. The average Bonchev–Trinajstić information content (AvgIpc) is 2.64. The molecule has 1 aliphatic rings. The van der Waals surface area contributed by atoms with Gasteiger partial charge in [-0.15, -0.1) is 0 Å². The summed E-state index contributed by atoms with van der Waals surface area (Å²) in [6.07, 6.45) is 11.9. The maximum absolute atomic E-state index is 12.8. The molecule has 154 valence electrons. The zero-order valence-electron chi connectivity index (χ0n) is 17.5. The van der Waals surface area contributed by atoms with E-state index in [1.165, 1.54) is 6.92 Å². The number of aliphatic hydroxyl groups excluding tert-OH is 2. The van der Waals surface area contributed by atoms with Gasteiger partial charge >= 0.3 is 0 Å². The van der Waals surface area contributed by atoms with Gasteiger partial charge in [-0.05, 0) is 39.2 Å². The number of allylic oxidation sites excluding steroid dienone is 5. The monoisotopic (exact) mass is 387 g/mol. The Morgan fingerprint density at radius 2 is 1.54 bits per heavy atom. The SMILES string of the molecule is CC(=O)N[C@H]1C=C(C)C=C[C@H](O)CC=C(C)C=C[C@@H](O)CC=C(C)C(=O)[C@@H]1C. The van der Waals surface area contributed by atoms with Gasteiger partial charge in [0.25, 0.3) is 0 Å². The molecule has 1 rings (SSSR count). The third kappa shape index (κ3) is 8.63. The molecule has 0 saturated heterocycles. The van der Waals surface area contributed by atoms with Crippen molar-refractivity contribution in [3.63, 3.8) is 0 Å². The van der Waals surface area contributed by atoms with Crippen LogP contribution in [-0.2, 0) is 9.59 Å². The molecule has 5 heteroatoms. The molecule has 0 aromatic rings. The van der Waals surface area contributed by atoms with Crippen LogP contribution in [0.4, 0.5) is 0 Å². The van der Waals surface area contributed by atoms with Gasteiger partial charge in [0.2, 0.25) is 5.91 Å². The first-order valence-electron chi connectivity index (χ1n) is 9.66. The fourth-order valence-corrected chi connectivity index (χ4v) is 2.86. The summed E-state index contributed by atoms with van der Waals surface area (Å²) in [5, 5.41) is 23.1. The molecular weight excluding hydrogens is 354 g/mol. The summed E-state index contributed by atoms with van der Waals surface area (Å²) in [5.41, 5.74) is 2.35. The standard InChI is InChI=1S/C23H33NO4/c1-15-6-10-20(26)12-8-16(2)14-22(24-19(5)25)18(4)23(28)17(3)9-13-21(27)11-7-15/h6-9,11-12,14,18,20-22,26-27H,10,13H2,1-5H3,(H,24,25)/t18-,20-,21-,22+/m1/s1. The van der Waals surface area contributed by atoms with Crippen molar-refractivity contribution in [2.75, 3.05) is 0 Å². The summed E-state index contributed by atoms with van der Waals surface area (Å²) in [4.78, 5) is 24.4.